The lowest BCUT2D eigenvalue weighted by Gasteiger charge is -2.33. The standard InChI is InChI=1S/C9H17NO2/c1-7(2)8(9(11)12)6-10-4-3-5-10/h7-8H,3-6H2,1-2H3,(H,11,12). The van der Waals surface area contributed by atoms with Gasteiger partial charge >= 0.3 is 5.97 Å². The minimum Gasteiger partial charge on any atom is -0.481 e. The van der Waals surface area contributed by atoms with Gasteiger partial charge in [0.05, 0.1) is 5.92 Å². The average molecular weight is 171 g/mol. The van der Waals surface area contributed by atoms with E-state index < -0.39 is 5.97 Å². The number of hydrogen-bond donors (Lipinski definition) is 1. The minimum atomic E-state index is -0.656. The summed E-state index contributed by atoms with van der Waals surface area (Å²) in [6.07, 6.45) is 1.23. The Morgan fingerprint density at radius 2 is 2.08 bits per heavy atom. The fourth-order valence-corrected chi connectivity index (χ4v) is 1.42. The van der Waals surface area contributed by atoms with Gasteiger partial charge in [-0.3, -0.25) is 4.79 Å². The van der Waals surface area contributed by atoms with Gasteiger partial charge in [0.1, 0.15) is 0 Å². The molecule has 0 spiro atoms. The van der Waals surface area contributed by atoms with E-state index in [9.17, 15) is 4.79 Å². The number of carboxylic acids is 1. The second kappa shape index (κ2) is 3.90. The Hall–Kier alpha value is -0.570. The number of aliphatic carboxylic acids is 1. The van der Waals surface area contributed by atoms with Gasteiger partial charge < -0.3 is 10.0 Å². The van der Waals surface area contributed by atoms with E-state index >= 15 is 0 Å². The van der Waals surface area contributed by atoms with E-state index in [1.54, 1.807) is 0 Å². The summed E-state index contributed by atoms with van der Waals surface area (Å²) in [6, 6.07) is 0. The SMILES string of the molecule is CC(C)C(CN1CCC1)C(=O)O. The Bertz CT molecular complexity index is 164. The van der Waals surface area contributed by atoms with Gasteiger partial charge in [0, 0.05) is 6.54 Å². The van der Waals surface area contributed by atoms with Gasteiger partial charge in [-0.15, -0.1) is 0 Å². The van der Waals surface area contributed by atoms with Gasteiger partial charge in [-0.25, -0.2) is 0 Å². The van der Waals surface area contributed by atoms with Crippen molar-refractivity contribution in [1.29, 1.82) is 0 Å². The summed E-state index contributed by atoms with van der Waals surface area (Å²) in [4.78, 5) is 13.0. The van der Waals surface area contributed by atoms with Crippen LogP contribution in [0.5, 0.6) is 0 Å². The third kappa shape index (κ3) is 2.21. The zero-order valence-electron chi connectivity index (χ0n) is 7.79. The van der Waals surface area contributed by atoms with Crippen LogP contribution in [0.25, 0.3) is 0 Å². The molecule has 1 unspecified atom stereocenters. The molecule has 1 aliphatic rings. The lowest BCUT2D eigenvalue weighted by atomic mass is 9.94. The topological polar surface area (TPSA) is 40.5 Å². The predicted molar refractivity (Wildman–Crippen MR) is 47.0 cm³/mol. The molecule has 1 aliphatic heterocycles. The Kier molecular flexibility index (Phi) is 3.09. The summed E-state index contributed by atoms with van der Waals surface area (Å²) >= 11 is 0. The van der Waals surface area contributed by atoms with Crippen molar-refractivity contribution in [1.82, 2.24) is 4.90 Å². The molecule has 0 amide bonds. The van der Waals surface area contributed by atoms with E-state index in [-0.39, 0.29) is 11.8 Å². The van der Waals surface area contributed by atoms with Crippen LogP contribution >= 0.6 is 0 Å². The summed E-state index contributed by atoms with van der Waals surface area (Å²) in [5, 5.41) is 8.89. The maximum atomic E-state index is 10.8. The van der Waals surface area contributed by atoms with Gasteiger partial charge in [-0.2, -0.15) is 0 Å². The van der Waals surface area contributed by atoms with Crippen molar-refractivity contribution in [3.8, 4) is 0 Å². The number of likely N-dealkylation sites (tertiary alicyclic amines) is 1. The Balaban J connectivity index is 2.36. The van der Waals surface area contributed by atoms with E-state index in [0.29, 0.717) is 0 Å². The van der Waals surface area contributed by atoms with E-state index in [0.717, 1.165) is 19.6 Å². The van der Waals surface area contributed by atoms with Crippen molar-refractivity contribution in [2.24, 2.45) is 11.8 Å². The first-order valence-corrected chi connectivity index (χ1v) is 4.56. The zero-order valence-corrected chi connectivity index (χ0v) is 7.79. The molecule has 0 bridgehead atoms. The molecule has 1 saturated heterocycles. The van der Waals surface area contributed by atoms with Gasteiger partial charge in [0.25, 0.3) is 0 Å². The molecule has 1 atom stereocenters. The van der Waals surface area contributed by atoms with Crippen LogP contribution in [0.2, 0.25) is 0 Å². The van der Waals surface area contributed by atoms with E-state index in [2.05, 4.69) is 4.90 Å². The molecule has 3 nitrogen and oxygen atoms in total. The van der Waals surface area contributed by atoms with Gasteiger partial charge in [0.2, 0.25) is 0 Å². The lowest BCUT2D eigenvalue weighted by Crippen LogP contribution is -2.43. The molecule has 1 fully saturated rings. The quantitative estimate of drug-likeness (QED) is 0.687. The fourth-order valence-electron chi connectivity index (χ4n) is 1.42. The second-order valence-electron chi connectivity index (χ2n) is 3.84. The third-order valence-electron chi connectivity index (χ3n) is 2.53. The highest BCUT2D eigenvalue weighted by molar-refractivity contribution is 5.70. The summed E-state index contributed by atoms with van der Waals surface area (Å²) in [5.74, 6) is -0.606. The first-order chi connectivity index (χ1) is 5.61. The molecule has 0 aliphatic carbocycles. The van der Waals surface area contributed by atoms with Crippen molar-refractivity contribution in [2.45, 2.75) is 20.3 Å². The Morgan fingerprint density at radius 1 is 1.50 bits per heavy atom. The van der Waals surface area contributed by atoms with Crippen molar-refractivity contribution in [3.05, 3.63) is 0 Å². The first kappa shape index (κ1) is 9.52. The molecule has 0 saturated carbocycles. The third-order valence-corrected chi connectivity index (χ3v) is 2.53. The molecule has 1 heterocycles. The van der Waals surface area contributed by atoms with Crippen LogP contribution in [0.3, 0.4) is 0 Å². The molecular weight excluding hydrogens is 154 g/mol. The van der Waals surface area contributed by atoms with E-state index in [1.807, 2.05) is 13.8 Å². The predicted octanol–water partition coefficient (Wildman–Crippen LogP) is 1.05. The highest BCUT2D eigenvalue weighted by Gasteiger charge is 2.26. The molecule has 0 radical (unpaired) electrons. The van der Waals surface area contributed by atoms with Crippen molar-refractivity contribution < 1.29 is 9.90 Å². The molecule has 0 aromatic rings. The van der Waals surface area contributed by atoms with Crippen LogP contribution in [0, 0.1) is 11.8 Å². The summed E-state index contributed by atoms with van der Waals surface area (Å²) < 4.78 is 0. The van der Waals surface area contributed by atoms with Gasteiger partial charge in [0.15, 0.2) is 0 Å². The van der Waals surface area contributed by atoms with Crippen LogP contribution in [0.15, 0.2) is 0 Å². The highest BCUT2D eigenvalue weighted by Crippen LogP contribution is 2.16. The minimum absolute atomic E-state index is 0.190. The molecule has 70 valence electrons. The molecular formula is C9H17NO2. The van der Waals surface area contributed by atoms with Crippen molar-refractivity contribution in [2.75, 3.05) is 19.6 Å². The average Bonchev–Trinajstić information content (AvgIpc) is 1.82. The van der Waals surface area contributed by atoms with Gasteiger partial charge in [-0.05, 0) is 25.4 Å². The van der Waals surface area contributed by atoms with Crippen molar-refractivity contribution in [3.63, 3.8) is 0 Å². The Morgan fingerprint density at radius 3 is 2.33 bits per heavy atom. The second-order valence-corrected chi connectivity index (χ2v) is 3.84. The Labute approximate surface area is 73.4 Å². The van der Waals surface area contributed by atoms with E-state index in [1.165, 1.54) is 6.42 Å². The van der Waals surface area contributed by atoms with Crippen LogP contribution < -0.4 is 0 Å². The smallest absolute Gasteiger partial charge is 0.308 e. The number of hydrogen-bond acceptors (Lipinski definition) is 2. The molecule has 3 heteroatoms. The normalized spacial score (nSPS) is 20.6. The van der Waals surface area contributed by atoms with E-state index in [4.69, 9.17) is 5.11 Å². The fraction of sp³-hybridized carbons (Fsp3) is 0.889. The number of carbonyl (C=O) groups is 1. The lowest BCUT2D eigenvalue weighted by molar-refractivity contribution is -0.144. The zero-order chi connectivity index (χ0) is 9.14. The van der Waals surface area contributed by atoms with Gasteiger partial charge in [-0.1, -0.05) is 13.8 Å². The molecule has 12 heavy (non-hydrogen) atoms. The molecule has 1 rings (SSSR count). The number of rotatable bonds is 4. The maximum absolute atomic E-state index is 10.8. The highest BCUT2D eigenvalue weighted by atomic mass is 16.4. The largest absolute Gasteiger partial charge is 0.481 e. The molecule has 0 aromatic carbocycles. The molecule has 0 aromatic heterocycles. The maximum Gasteiger partial charge on any atom is 0.308 e. The van der Waals surface area contributed by atoms with Crippen LogP contribution in [-0.4, -0.2) is 35.6 Å². The summed E-state index contributed by atoms with van der Waals surface area (Å²) in [6.45, 7) is 6.83. The number of nitrogens with zero attached hydrogens (tertiary/aromatic N) is 1. The monoisotopic (exact) mass is 171 g/mol. The van der Waals surface area contributed by atoms with Crippen molar-refractivity contribution >= 4 is 5.97 Å². The first-order valence-electron chi connectivity index (χ1n) is 4.56. The summed E-state index contributed by atoms with van der Waals surface area (Å²) in [7, 11) is 0. The van der Waals surface area contributed by atoms with Crippen LogP contribution in [0.1, 0.15) is 20.3 Å². The molecule has 1 N–H and O–H groups in total. The number of carboxylic acid groups (broad SMARTS) is 1. The summed E-state index contributed by atoms with van der Waals surface area (Å²) in [5.41, 5.74) is 0. The van der Waals surface area contributed by atoms with Crippen LogP contribution in [-0.2, 0) is 4.79 Å². The van der Waals surface area contributed by atoms with Crippen LogP contribution in [0.4, 0.5) is 0 Å².